The molecular weight excluding hydrogens is 212 g/mol. The third kappa shape index (κ3) is 1.45. The van der Waals surface area contributed by atoms with Crippen LogP contribution in [0, 0.1) is 6.92 Å². The zero-order chi connectivity index (χ0) is 11.8. The highest BCUT2D eigenvalue weighted by Gasteiger charge is 2.14. The zero-order valence-electron chi connectivity index (χ0n) is 9.96. The van der Waals surface area contributed by atoms with Gasteiger partial charge in [-0.25, -0.2) is 4.52 Å². The van der Waals surface area contributed by atoms with Crippen molar-refractivity contribution in [3.63, 3.8) is 0 Å². The van der Waals surface area contributed by atoms with Crippen molar-refractivity contribution in [3.05, 3.63) is 42.6 Å². The summed E-state index contributed by atoms with van der Waals surface area (Å²) in [7, 11) is 0. The molecule has 0 saturated carbocycles. The second-order valence-corrected chi connectivity index (χ2v) is 4.05. The van der Waals surface area contributed by atoms with Crippen molar-refractivity contribution in [2.24, 2.45) is 0 Å². The van der Waals surface area contributed by atoms with Crippen LogP contribution in [0.4, 0.5) is 0 Å². The van der Waals surface area contributed by atoms with Gasteiger partial charge in [-0.3, -0.25) is 4.98 Å². The molecule has 0 radical (unpaired) electrons. The van der Waals surface area contributed by atoms with Crippen LogP contribution in [0.1, 0.15) is 12.6 Å². The Morgan fingerprint density at radius 3 is 2.88 bits per heavy atom. The molecular formula is C13H14N4. The highest BCUT2D eigenvalue weighted by molar-refractivity contribution is 5.79. The molecule has 0 amide bonds. The topological polar surface area (TPSA) is 35.1 Å². The van der Waals surface area contributed by atoms with Crippen LogP contribution < -0.4 is 0 Å². The fourth-order valence-electron chi connectivity index (χ4n) is 2.23. The molecule has 0 atom stereocenters. The van der Waals surface area contributed by atoms with Gasteiger partial charge in [-0.05, 0) is 19.9 Å². The summed E-state index contributed by atoms with van der Waals surface area (Å²) in [6, 6.07) is 4.03. The maximum Gasteiger partial charge on any atom is 0.143 e. The molecule has 0 aliphatic carbocycles. The number of pyridine rings is 1. The second-order valence-electron chi connectivity index (χ2n) is 4.05. The first-order valence-electron chi connectivity index (χ1n) is 5.75. The van der Waals surface area contributed by atoms with E-state index in [0.29, 0.717) is 0 Å². The summed E-state index contributed by atoms with van der Waals surface area (Å²) in [6.07, 6.45) is 7.72. The largest absolute Gasteiger partial charge is 0.331 e. The first-order chi connectivity index (χ1) is 8.31. The monoisotopic (exact) mass is 226 g/mol. The Labute approximate surface area is 99.5 Å². The van der Waals surface area contributed by atoms with Crippen molar-refractivity contribution in [1.82, 2.24) is 19.2 Å². The molecule has 0 aliphatic rings. The SMILES string of the molecule is CCn1ccn2nc(C)c(-c3cccnc3)c12. The second kappa shape index (κ2) is 3.73. The number of imidazole rings is 1. The van der Waals surface area contributed by atoms with Crippen LogP contribution in [0.5, 0.6) is 0 Å². The van der Waals surface area contributed by atoms with Crippen molar-refractivity contribution in [2.75, 3.05) is 0 Å². The molecule has 3 rings (SSSR count). The number of rotatable bonds is 2. The van der Waals surface area contributed by atoms with Crippen molar-refractivity contribution < 1.29 is 0 Å². The maximum atomic E-state index is 4.53. The average Bonchev–Trinajstić information content (AvgIpc) is 2.87. The minimum atomic E-state index is 0.939. The molecule has 86 valence electrons. The van der Waals surface area contributed by atoms with E-state index in [1.54, 1.807) is 6.20 Å². The minimum absolute atomic E-state index is 0.939. The fraction of sp³-hybridized carbons (Fsp3) is 0.231. The standard InChI is InChI=1S/C13H14N4/c1-3-16-7-8-17-13(16)12(10(2)15-17)11-5-4-6-14-9-11/h4-9H,3H2,1-2H3. The first-order valence-corrected chi connectivity index (χ1v) is 5.75. The smallest absolute Gasteiger partial charge is 0.143 e. The molecule has 4 nitrogen and oxygen atoms in total. The summed E-state index contributed by atoms with van der Waals surface area (Å²) in [4.78, 5) is 4.18. The highest BCUT2D eigenvalue weighted by atomic mass is 15.3. The van der Waals surface area contributed by atoms with Crippen molar-refractivity contribution in [3.8, 4) is 11.1 Å². The van der Waals surface area contributed by atoms with Gasteiger partial charge in [0.15, 0.2) is 0 Å². The van der Waals surface area contributed by atoms with E-state index in [9.17, 15) is 0 Å². The summed E-state index contributed by atoms with van der Waals surface area (Å²) >= 11 is 0. The van der Waals surface area contributed by atoms with Crippen LogP contribution in [-0.4, -0.2) is 19.2 Å². The molecule has 3 heterocycles. The molecule has 0 saturated heterocycles. The van der Waals surface area contributed by atoms with Crippen LogP contribution in [0.3, 0.4) is 0 Å². The van der Waals surface area contributed by atoms with Crippen LogP contribution in [0.15, 0.2) is 36.9 Å². The molecule has 17 heavy (non-hydrogen) atoms. The van der Waals surface area contributed by atoms with Crippen LogP contribution in [-0.2, 0) is 6.54 Å². The van der Waals surface area contributed by atoms with Crippen LogP contribution >= 0.6 is 0 Å². The predicted molar refractivity (Wildman–Crippen MR) is 66.8 cm³/mol. The number of aromatic nitrogens is 4. The van der Waals surface area contributed by atoms with Gasteiger partial charge in [-0.2, -0.15) is 5.10 Å². The summed E-state index contributed by atoms with van der Waals surface area (Å²) in [5.41, 5.74) is 4.46. The van der Waals surface area contributed by atoms with Gasteiger partial charge >= 0.3 is 0 Å². The Bertz CT molecular complexity index is 649. The van der Waals surface area contributed by atoms with Crippen molar-refractivity contribution in [2.45, 2.75) is 20.4 Å². The molecule has 3 aromatic rings. The Morgan fingerprint density at radius 1 is 1.29 bits per heavy atom. The number of hydrogen-bond donors (Lipinski definition) is 0. The van der Waals surface area contributed by atoms with Crippen LogP contribution in [0.2, 0.25) is 0 Å². The van der Waals surface area contributed by atoms with Gasteiger partial charge in [-0.15, -0.1) is 0 Å². The van der Waals surface area contributed by atoms with Gasteiger partial charge in [0.1, 0.15) is 5.65 Å². The lowest BCUT2D eigenvalue weighted by atomic mass is 10.1. The number of hydrogen-bond acceptors (Lipinski definition) is 2. The van der Waals surface area contributed by atoms with E-state index in [2.05, 4.69) is 33.8 Å². The van der Waals surface area contributed by atoms with Gasteiger partial charge in [-0.1, -0.05) is 6.07 Å². The van der Waals surface area contributed by atoms with E-state index < -0.39 is 0 Å². The minimum Gasteiger partial charge on any atom is -0.331 e. The molecule has 0 spiro atoms. The van der Waals surface area contributed by atoms with E-state index in [4.69, 9.17) is 0 Å². The molecule has 0 aromatic carbocycles. The van der Waals surface area contributed by atoms with E-state index in [1.807, 2.05) is 29.9 Å². The van der Waals surface area contributed by atoms with E-state index in [0.717, 1.165) is 23.4 Å². The Morgan fingerprint density at radius 2 is 2.18 bits per heavy atom. The normalized spacial score (nSPS) is 11.2. The quantitative estimate of drug-likeness (QED) is 0.673. The first kappa shape index (κ1) is 10.1. The average molecular weight is 226 g/mol. The maximum absolute atomic E-state index is 4.53. The van der Waals surface area contributed by atoms with E-state index in [-0.39, 0.29) is 0 Å². The Balaban J connectivity index is 2.34. The highest BCUT2D eigenvalue weighted by Crippen LogP contribution is 2.27. The molecule has 0 fully saturated rings. The summed E-state index contributed by atoms with van der Waals surface area (Å²) in [6.45, 7) is 5.11. The van der Waals surface area contributed by atoms with Crippen LogP contribution in [0.25, 0.3) is 16.8 Å². The Hall–Kier alpha value is -2.10. The lowest BCUT2D eigenvalue weighted by molar-refractivity contribution is 0.789. The zero-order valence-corrected chi connectivity index (χ0v) is 9.96. The number of fused-ring (bicyclic) bond motifs is 1. The third-order valence-electron chi connectivity index (χ3n) is 3.01. The summed E-state index contributed by atoms with van der Waals surface area (Å²) in [5.74, 6) is 0. The third-order valence-corrected chi connectivity index (χ3v) is 3.01. The fourth-order valence-corrected chi connectivity index (χ4v) is 2.23. The number of nitrogens with zero attached hydrogens (tertiary/aromatic N) is 4. The molecule has 3 aromatic heterocycles. The molecule has 0 aliphatic heterocycles. The predicted octanol–water partition coefficient (Wildman–Crippen LogP) is 2.53. The van der Waals surface area contributed by atoms with Gasteiger partial charge in [0.2, 0.25) is 0 Å². The van der Waals surface area contributed by atoms with Crippen molar-refractivity contribution in [1.29, 1.82) is 0 Å². The molecule has 0 bridgehead atoms. The lowest BCUT2D eigenvalue weighted by Gasteiger charge is -2.02. The lowest BCUT2D eigenvalue weighted by Crippen LogP contribution is -1.93. The number of aryl methyl sites for hydroxylation is 2. The summed E-state index contributed by atoms with van der Waals surface area (Å²) in [5, 5.41) is 4.53. The van der Waals surface area contributed by atoms with Gasteiger partial charge in [0, 0.05) is 42.5 Å². The Kier molecular flexibility index (Phi) is 2.21. The van der Waals surface area contributed by atoms with Gasteiger partial charge < -0.3 is 4.57 Å². The summed E-state index contributed by atoms with van der Waals surface area (Å²) < 4.78 is 4.13. The van der Waals surface area contributed by atoms with E-state index in [1.165, 1.54) is 5.56 Å². The van der Waals surface area contributed by atoms with Gasteiger partial charge in [0.25, 0.3) is 0 Å². The van der Waals surface area contributed by atoms with Gasteiger partial charge in [0.05, 0.1) is 5.69 Å². The van der Waals surface area contributed by atoms with E-state index >= 15 is 0 Å². The van der Waals surface area contributed by atoms with Crippen molar-refractivity contribution >= 4 is 5.65 Å². The molecule has 0 N–H and O–H groups in total. The molecule has 0 unspecified atom stereocenters. The molecule has 4 heteroatoms.